The van der Waals surface area contributed by atoms with E-state index in [0.717, 1.165) is 11.4 Å². The largest absolute Gasteiger partial charge is 0.350 e. The maximum atomic E-state index is 12.2. The standard InChI is InChI=1S/C21H25ClN4OS/c1-5-10-26(11-6-2)19-13-18(22)24-21(25-19)28-14-16-8-7-9-17(12-16)20(27)23-15(3)4/h5-9,12-13,15H,1-2,10-11,14H2,3-4H3,(H,23,27). The Bertz CT molecular complexity index is 831. The van der Waals surface area contributed by atoms with Gasteiger partial charge in [-0.3, -0.25) is 4.79 Å². The molecule has 0 unspecified atom stereocenters. The molecule has 2 rings (SSSR count). The molecule has 0 aliphatic rings. The maximum Gasteiger partial charge on any atom is 0.251 e. The molecule has 148 valence electrons. The second kappa shape index (κ2) is 10.9. The number of amides is 1. The average molecular weight is 417 g/mol. The number of benzene rings is 1. The van der Waals surface area contributed by atoms with E-state index < -0.39 is 0 Å². The summed E-state index contributed by atoms with van der Waals surface area (Å²) in [6, 6.07) is 9.38. The van der Waals surface area contributed by atoms with E-state index in [1.54, 1.807) is 18.2 Å². The monoisotopic (exact) mass is 416 g/mol. The van der Waals surface area contributed by atoms with Crippen LogP contribution in [0, 0.1) is 0 Å². The first-order chi connectivity index (χ1) is 13.4. The molecule has 7 heteroatoms. The number of carbonyl (C=O) groups is 1. The third-order valence-electron chi connectivity index (χ3n) is 3.66. The van der Waals surface area contributed by atoms with Gasteiger partial charge in [-0.05, 0) is 31.5 Å². The molecule has 0 bridgehead atoms. The quantitative estimate of drug-likeness (QED) is 0.262. The van der Waals surface area contributed by atoms with Crippen LogP contribution in [-0.4, -0.2) is 35.0 Å². The summed E-state index contributed by atoms with van der Waals surface area (Å²) in [5.74, 6) is 1.28. The molecule has 0 aliphatic carbocycles. The molecule has 0 radical (unpaired) electrons. The fourth-order valence-corrected chi connectivity index (χ4v) is 3.51. The summed E-state index contributed by atoms with van der Waals surface area (Å²) < 4.78 is 0. The number of hydrogen-bond donors (Lipinski definition) is 1. The van der Waals surface area contributed by atoms with Gasteiger partial charge >= 0.3 is 0 Å². The number of thioether (sulfide) groups is 1. The molecule has 1 heterocycles. The molecule has 0 spiro atoms. The van der Waals surface area contributed by atoms with Gasteiger partial charge in [0.05, 0.1) is 0 Å². The average Bonchev–Trinajstić information content (AvgIpc) is 2.65. The van der Waals surface area contributed by atoms with Crippen molar-refractivity contribution in [3.05, 3.63) is 71.9 Å². The predicted molar refractivity (Wildman–Crippen MR) is 118 cm³/mol. The molecular weight excluding hydrogens is 392 g/mol. The Hall–Kier alpha value is -2.31. The van der Waals surface area contributed by atoms with Gasteiger partial charge in [0.15, 0.2) is 5.16 Å². The van der Waals surface area contributed by atoms with Crippen molar-refractivity contribution in [2.45, 2.75) is 30.8 Å². The van der Waals surface area contributed by atoms with Crippen molar-refractivity contribution in [3.8, 4) is 0 Å². The van der Waals surface area contributed by atoms with E-state index in [0.29, 0.717) is 34.7 Å². The number of anilines is 1. The van der Waals surface area contributed by atoms with Crippen LogP contribution in [0.4, 0.5) is 5.82 Å². The minimum absolute atomic E-state index is 0.0763. The number of halogens is 1. The van der Waals surface area contributed by atoms with Crippen molar-refractivity contribution < 1.29 is 4.79 Å². The van der Waals surface area contributed by atoms with E-state index in [1.165, 1.54) is 11.8 Å². The van der Waals surface area contributed by atoms with Gasteiger partial charge in [-0.2, -0.15) is 0 Å². The second-order valence-electron chi connectivity index (χ2n) is 6.43. The Morgan fingerprint density at radius 2 is 1.96 bits per heavy atom. The molecule has 0 aliphatic heterocycles. The molecule has 1 aromatic heterocycles. The number of nitrogens with zero attached hydrogens (tertiary/aromatic N) is 3. The zero-order chi connectivity index (χ0) is 20.5. The van der Waals surface area contributed by atoms with Gasteiger partial charge in [-0.15, -0.1) is 13.2 Å². The zero-order valence-corrected chi connectivity index (χ0v) is 17.8. The zero-order valence-electron chi connectivity index (χ0n) is 16.2. The Morgan fingerprint density at radius 3 is 2.61 bits per heavy atom. The Morgan fingerprint density at radius 1 is 1.25 bits per heavy atom. The lowest BCUT2D eigenvalue weighted by Crippen LogP contribution is -2.30. The molecule has 0 fully saturated rings. The topological polar surface area (TPSA) is 58.1 Å². The molecule has 1 aromatic carbocycles. The van der Waals surface area contributed by atoms with Crippen LogP contribution in [0.1, 0.15) is 29.8 Å². The molecule has 2 aromatic rings. The van der Waals surface area contributed by atoms with E-state index in [1.807, 2.05) is 43.0 Å². The molecule has 1 N–H and O–H groups in total. The lowest BCUT2D eigenvalue weighted by atomic mass is 10.1. The van der Waals surface area contributed by atoms with Gasteiger partial charge in [0.1, 0.15) is 11.0 Å². The molecule has 0 saturated carbocycles. The van der Waals surface area contributed by atoms with Gasteiger partial charge in [-0.25, -0.2) is 9.97 Å². The minimum atomic E-state index is -0.0763. The predicted octanol–water partition coefficient (Wildman–Crippen LogP) is 4.74. The summed E-state index contributed by atoms with van der Waals surface area (Å²) in [6.45, 7) is 12.7. The van der Waals surface area contributed by atoms with Crippen LogP contribution in [0.2, 0.25) is 5.15 Å². The van der Waals surface area contributed by atoms with Crippen molar-refractivity contribution in [2.75, 3.05) is 18.0 Å². The summed E-state index contributed by atoms with van der Waals surface area (Å²) in [5, 5.41) is 3.87. The molecule has 0 atom stereocenters. The number of rotatable bonds is 10. The van der Waals surface area contributed by atoms with Crippen molar-refractivity contribution in [1.29, 1.82) is 0 Å². The summed E-state index contributed by atoms with van der Waals surface area (Å²) in [4.78, 5) is 23.1. The SMILES string of the molecule is C=CCN(CC=C)c1cc(Cl)nc(SCc2cccc(C(=O)NC(C)C)c2)n1. The Kier molecular flexibility index (Phi) is 8.54. The normalized spacial score (nSPS) is 10.6. The highest BCUT2D eigenvalue weighted by atomic mass is 35.5. The molecule has 1 amide bonds. The first-order valence-electron chi connectivity index (χ1n) is 8.97. The number of nitrogens with one attached hydrogen (secondary N) is 1. The summed E-state index contributed by atoms with van der Waals surface area (Å²) in [6.07, 6.45) is 3.61. The summed E-state index contributed by atoms with van der Waals surface area (Å²) in [7, 11) is 0. The van der Waals surface area contributed by atoms with Crippen LogP contribution in [-0.2, 0) is 5.75 Å². The van der Waals surface area contributed by atoms with Gasteiger partial charge in [0, 0.05) is 36.5 Å². The Labute approximate surface area is 175 Å². The smallest absolute Gasteiger partial charge is 0.251 e. The minimum Gasteiger partial charge on any atom is -0.350 e. The highest BCUT2D eigenvalue weighted by Gasteiger charge is 2.11. The number of aromatic nitrogens is 2. The van der Waals surface area contributed by atoms with E-state index in [9.17, 15) is 4.79 Å². The van der Waals surface area contributed by atoms with Crippen molar-refractivity contribution in [3.63, 3.8) is 0 Å². The highest BCUT2D eigenvalue weighted by Crippen LogP contribution is 2.25. The molecule has 0 saturated heterocycles. The highest BCUT2D eigenvalue weighted by molar-refractivity contribution is 7.98. The van der Waals surface area contributed by atoms with Crippen LogP contribution in [0.15, 0.2) is 60.8 Å². The van der Waals surface area contributed by atoms with E-state index >= 15 is 0 Å². The lowest BCUT2D eigenvalue weighted by Gasteiger charge is -2.20. The van der Waals surface area contributed by atoms with Gasteiger partial charge in [-0.1, -0.05) is 47.6 Å². The van der Waals surface area contributed by atoms with E-state index in [4.69, 9.17) is 11.6 Å². The van der Waals surface area contributed by atoms with Gasteiger partial charge < -0.3 is 10.2 Å². The number of hydrogen-bond acceptors (Lipinski definition) is 5. The third-order valence-corrected chi connectivity index (χ3v) is 4.77. The van der Waals surface area contributed by atoms with Crippen molar-refractivity contribution in [2.24, 2.45) is 0 Å². The second-order valence-corrected chi connectivity index (χ2v) is 7.76. The van der Waals surface area contributed by atoms with Gasteiger partial charge in [0.2, 0.25) is 0 Å². The van der Waals surface area contributed by atoms with Crippen LogP contribution >= 0.6 is 23.4 Å². The maximum absolute atomic E-state index is 12.2. The van der Waals surface area contributed by atoms with Crippen LogP contribution in [0.5, 0.6) is 0 Å². The fraction of sp³-hybridized carbons (Fsp3) is 0.286. The van der Waals surface area contributed by atoms with Crippen molar-refractivity contribution >= 4 is 35.1 Å². The lowest BCUT2D eigenvalue weighted by molar-refractivity contribution is 0.0943. The van der Waals surface area contributed by atoms with Crippen LogP contribution in [0.25, 0.3) is 0 Å². The van der Waals surface area contributed by atoms with Crippen LogP contribution in [0.3, 0.4) is 0 Å². The van der Waals surface area contributed by atoms with Crippen molar-refractivity contribution in [1.82, 2.24) is 15.3 Å². The van der Waals surface area contributed by atoms with E-state index in [-0.39, 0.29) is 11.9 Å². The molecule has 28 heavy (non-hydrogen) atoms. The third kappa shape index (κ3) is 6.69. The van der Waals surface area contributed by atoms with Gasteiger partial charge in [0.25, 0.3) is 5.91 Å². The summed E-state index contributed by atoms with van der Waals surface area (Å²) >= 11 is 7.67. The number of carbonyl (C=O) groups excluding carboxylic acids is 1. The molecular formula is C21H25ClN4OS. The fourth-order valence-electron chi connectivity index (χ4n) is 2.48. The van der Waals surface area contributed by atoms with Crippen LogP contribution < -0.4 is 10.2 Å². The summed E-state index contributed by atoms with van der Waals surface area (Å²) in [5.41, 5.74) is 1.66. The first-order valence-corrected chi connectivity index (χ1v) is 10.3. The molecule has 5 nitrogen and oxygen atoms in total. The first kappa shape index (κ1) is 22.0. The van der Waals surface area contributed by atoms with E-state index in [2.05, 4.69) is 28.4 Å². The Balaban J connectivity index is 2.13.